The molecule has 1 aromatic heterocycles. The molecule has 1 unspecified atom stereocenters. The Labute approximate surface area is 205 Å². The molecule has 1 amide bonds. The quantitative estimate of drug-likeness (QED) is 0.437. The fraction of sp³-hybridized carbons (Fsp3) is 0.308. The van der Waals surface area contributed by atoms with Crippen LogP contribution in [0.15, 0.2) is 65.8 Å². The third-order valence-electron chi connectivity index (χ3n) is 5.58. The summed E-state index contributed by atoms with van der Waals surface area (Å²) in [6, 6.07) is 12.4. The summed E-state index contributed by atoms with van der Waals surface area (Å²) in [5, 5.41) is 3.44. The minimum Gasteiger partial charge on any atom is -0.380 e. The molecule has 0 aliphatic carbocycles. The average Bonchev–Trinajstić information content (AvgIpc) is 2.79. The van der Waals surface area contributed by atoms with Crippen molar-refractivity contribution in [1.82, 2.24) is 14.9 Å². The normalized spacial score (nSPS) is 12.3. The van der Waals surface area contributed by atoms with Gasteiger partial charge in [0.15, 0.2) is 5.78 Å². The standard InChI is InChI=1S/C26H30FN3O4Si/c1-34-16-18-5-8-20(9-6-18)26(29-24(32)15-30-17-28-12-11-25(30)33)22(31)14-19-7-10-23(21(27)13-19)35(2,3)4/h5-13,17,26H,14-16H2,1-4H3,(H,29,32). The molecule has 0 saturated carbocycles. The summed E-state index contributed by atoms with van der Waals surface area (Å²) in [6.45, 7) is 6.31. The van der Waals surface area contributed by atoms with Gasteiger partial charge in [-0.15, -0.1) is 0 Å². The van der Waals surface area contributed by atoms with Gasteiger partial charge in [-0.25, -0.2) is 9.37 Å². The van der Waals surface area contributed by atoms with Crippen molar-refractivity contribution >= 4 is 25.0 Å². The van der Waals surface area contributed by atoms with Gasteiger partial charge >= 0.3 is 0 Å². The second kappa shape index (κ2) is 11.3. The Hall–Kier alpha value is -3.43. The fourth-order valence-corrected chi connectivity index (χ4v) is 5.13. The number of amides is 1. The Morgan fingerprint density at radius 1 is 1.09 bits per heavy atom. The molecule has 0 aliphatic rings. The molecule has 0 bridgehead atoms. The van der Waals surface area contributed by atoms with Crippen LogP contribution < -0.4 is 16.1 Å². The van der Waals surface area contributed by atoms with E-state index in [2.05, 4.69) is 29.9 Å². The maximum atomic E-state index is 14.7. The number of nitrogens with one attached hydrogen (secondary N) is 1. The first-order chi connectivity index (χ1) is 16.6. The Morgan fingerprint density at radius 2 is 1.77 bits per heavy atom. The van der Waals surface area contributed by atoms with Crippen molar-refractivity contribution in [2.24, 2.45) is 0 Å². The van der Waals surface area contributed by atoms with Crippen LogP contribution in [0.5, 0.6) is 0 Å². The second-order valence-corrected chi connectivity index (χ2v) is 14.5. The molecule has 35 heavy (non-hydrogen) atoms. The van der Waals surface area contributed by atoms with Crippen LogP contribution in [-0.2, 0) is 33.9 Å². The van der Waals surface area contributed by atoms with Crippen molar-refractivity contribution in [3.05, 3.63) is 93.9 Å². The lowest BCUT2D eigenvalue weighted by molar-refractivity contribution is -0.128. The molecule has 1 N–H and O–H groups in total. The van der Waals surface area contributed by atoms with Gasteiger partial charge in [0.05, 0.1) is 21.0 Å². The maximum absolute atomic E-state index is 14.7. The van der Waals surface area contributed by atoms with E-state index in [0.717, 1.165) is 10.1 Å². The number of nitrogens with zero attached hydrogens (tertiary/aromatic N) is 2. The number of ketones is 1. The first kappa shape index (κ1) is 26.2. The lowest BCUT2D eigenvalue weighted by atomic mass is 9.96. The molecule has 2 aromatic carbocycles. The van der Waals surface area contributed by atoms with E-state index in [-0.39, 0.29) is 30.1 Å². The predicted octanol–water partition coefficient (Wildman–Crippen LogP) is 2.74. The number of hydrogen-bond acceptors (Lipinski definition) is 5. The predicted molar refractivity (Wildman–Crippen MR) is 135 cm³/mol. The molecule has 0 radical (unpaired) electrons. The van der Waals surface area contributed by atoms with Crippen LogP contribution >= 0.6 is 0 Å². The molecular formula is C26H30FN3O4Si. The minimum absolute atomic E-state index is 0.0551. The fourth-order valence-electron chi connectivity index (χ4n) is 3.76. The first-order valence-corrected chi connectivity index (χ1v) is 14.8. The van der Waals surface area contributed by atoms with Crippen molar-refractivity contribution in [2.75, 3.05) is 7.11 Å². The zero-order valence-corrected chi connectivity index (χ0v) is 21.4. The van der Waals surface area contributed by atoms with Crippen LogP contribution in [0.1, 0.15) is 22.7 Å². The Morgan fingerprint density at radius 3 is 2.37 bits per heavy atom. The van der Waals surface area contributed by atoms with Crippen LogP contribution in [0.3, 0.4) is 0 Å². The van der Waals surface area contributed by atoms with Crippen molar-refractivity contribution < 1.29 is 18.7 Å². The number of aromatic nitrogens is 2. The van der Waals surface area contributed by atoms with E-state index in [9.17, 15) is 18.8 Å². The SMILES string of the molecule is COCc1ccc(C(NC(=O)Cn2cnccc2=O)C(=O)Cc2ccc([Si](C)(C)C)c(F)c2)cc1. The van der Waals surface area contributed by atoms with Crippen LogP contribution in [0.2, 0.25) is 19.6 Å². The summed E-state index contributed by atoms with van der Waals surface area (Å²) in [6.07, 6.45) is 2.55. The number of benzene rings is 2. The third kappa shape index (κ3) is 7.03. The molecule has 3 rings (SSSR count). The van der Waals surface area contributed by atoms with E-state index < -0.39 is 20.0 Å². The maximum Gasteiger partial charge on any atom is 0.253 e. The molecule has 1 atom stereocenters. The number of carbonyl (C=O) groups is 2. The van der Waals surface area contributed by atoms with Gasteiger partial charge in [0.25, 0.3) is 5.56 Å². The summed E-state index contributed by atoms with van der Waals surface area (Å²) < 4.78 is 21.0. The van der Waals surface area contributed by atoms with Crippen LogP contribution in [0, 0.1) is 5.82 Å². The Bertz CT molecular complexity index is 1250. The van der Waals surface area contributed by atoms with Crippen molar-refractivity contribution in [3.8, 4) is 0 Å². The average molecular weight is 496 g/mol. The Balaban J connectivity index is 1.85. The molecular weight excluding hydrogens is 465 g/mol. The topological polar surface area (TPSA) is 90.3 Å². The van der Waals surface area contributed by atoms with E-state index in [1.54, 1.807) is 31.4 Å². The highest BCUT2D eigenvalue weighted by Gasteiger charge is 2.25. The summed E-state index contributed by atoms with van der Waals surface area (Å²) in [7, 11) is -0.261. The van der Waals surface area contributed by atoms with Gasteiger partial charge in [-0.3, -0.25) is 19.0 Å². The lowest BCUT2D eigenvalue weighted by Crippen LogP contribution is -2.40. The van der Waals surface area contributed by atoms with Crippen molar-refractivity contribution in [2.45, 2.75) is 45.3 Å². The summed E-state index contributed by atoms with van der Waals surface area (Å²) >= 11 is 0. The number of ether oxygens (including phenoxy) is 1. The first-order valence-electron chi connectivity index (χ1n) is 11.3. The van der Waals surface area contributed by atoms with Crippen LogP contribution in [0.4, 0.5) is 4.39 Å². The molecule has 0 aliphatic heterocycles. The molecule has 1 heterocycles. The van der Waals surface area contributed by atoms with Gasteiger partial charge in [0.1, 0.15) is 18.4 Å². The van der Waals surface area contributed by atoms with Gasteiger partial charge in [-0.2, -0.15) is 0 Å². The number of carbonyl (C=O) groups excluding carboxylic acids is 2. The summed E-state index contributed by atoms with van der Waals surface area (Å²) in [5.74, 6) is -1.12. The smallest absolute Gasteiger partial charge is 0.253 e. The molecule has 0 spiro atoms. The van der Waals surface area contributed by atoms with E-state index >= 15 is 0 Å². The number of rotatable bonds is 10. The van der Waals surface area contributed by atoms with Crippen LogP contribution in [-0.4, -0.2) is 36.4 Å². The lowest BCUT2D eigenvalue weighted by Gasteiger charge is -2.20. The molecule has 0 saturated heterocycles. The molecule has 0 fully saturated rings. The monoisotopic (exact) mass is 495 g/mol. The highest BCUT2D eigenvalue weighted by molar-refractivity contribution is 6.88. The van der Waals surface area contributed by atoms with Gasteiger partial charge < -0.3 is 10.1 Å². The molecule has 9 heteroatoms. The van der Waals surface area contributed by atoms with E-state index in [1.807, 2.05) is 12.1 Å². The third-order valence-corrected chi connectivity index (χ3v) is 7.60. The number of Topliss-reactive ketones (excluding diaryl/α,β-unsaturated/α-hetero) is 1. The van der Waals surface area contributed by atoms with E-state index in [1.165, 1.54) is 24.7 Å². The second-order valence-electron chi connectivity index (χ2n) is 9.43. The van der Waals surface area contributed by atoms with Gasteiger partial charge in [0, 0.05) is 25.8 Å². The van der Waals surface area contributed by atoms with Gasteiger partial charge in [-0.1, -0.05) is 56.0 Å². The summed E-state index contributed by atoms with van der Waals surface area (Å²) in [5.41, 5.74) is 1.66. The molecule has 3 aromatic rings. The molecule has 7 nitrogen and oxygen atoms in total. The van der Waals surface area contributed by atoms with Crippen LogP contribution in [0.25, 0.3) is 0 Å². The van der Waals surface area contributed by atoms with Crippen molar-refractivity contribution in [1.29, 1.82) is 0 Å². The number of methoxy groups -OCH3 is 1. The van der Waals surface area contributed by atoms with E-state index in [0.29, 0.717) is 22.9 Å². The number of hydrogen-bond donors (Lipinski definition) is 1. The zero-order chi connectivity index (χ0) is 25.6. The largest absolute Gasteiger partial charge is 0.380 e. The molecule has 184 valence electrons. The van der Waals surface area contributed by atoms with Gasteiger partial charge in [-0.05, 0) is 27.9 Å². The number of halogens is 1. The van der Waals surface area contributed by atoms with Crippen molar-refractivity contribution in [3.63, 3.8) is 0 Å². The Kier molecular flexibility index (Phi) is 8.47. The summed E-state index contributed by atoms with van der Waals surface area (Å²) in [4.78, 5) is 41.9. The minimum atomic E-state index is -1.85. The zero-order valence-electron chi connectivity index (χ0n) is 20.4. The van der Waals surface area contributed by atoms with E-state index in [4.69, 9.17) is 4.74 Å². The highest BCUT2D eigenvalue weighted by atomic mass is 28.3. The highest BCUT2D eigenvalue weighted by Crippen LogP contribution is 2.19. The van der Waals surface area contributed by atoms with Gasteiger partial charge in [0.2, 0.25) is 5.91 Å².